The molecule has 0 aliphatic rings. The third-order valence-corrected chi connectivity index (χ3v) is 5.32. The zero-order valence-corrected chi connectivity index (χ0v) is 17.3. The lowest BCUT2D eigenvalue weighted by Gasteiger charge is -2.15. The Labute approximate surface area is 181 Å². The number of thiol groups is 1. The molecule has 0 bridgehead atoms. The highest BCUT2D eigenvalue weighted by molar-refractivity contribution is 7.80. The van der Waals surface area contributed by atoms with E-state index in [0.717, 1.165) is 28.5 Å². The van der Waals surface area contributed by atoms with Gasteiger partial charge < -0.3 is 9.30 Å². The molecule has 0 saturated carbocycles. The van der Waals surface area contributed by atoms with Crippen molar-refractivity contribution in [3.63, 3.8) is 0 Å². The molecule has 4 rings (SSSR count). The van der Waals surface area contributed by atoms with Crippen molar-refractivity contribution in [2.45, 2.75) is 18.7 Å². The van der Waals surface area contributed by atoms with Crippen LogP contribution in [-0.2, 0) is 6.54 Å². The molecule has 0 radical (unpaired) electrons. The van der Waals surface area contributed by atoms with Crippen molar-refractivity contribution in [2.24, 2.45) is 0 Å². The minimum atomic E-state index is -0.263. The number of rotatable bonds is 6. The molecule has 3 aromatic carbocycles. The monoisotopic (exact) mass is 412 g/mol. The predicted molar refractivity (Wildman–Crippen MR) is 120 cm³/mol. The van der Waals surface area contributed by atoms with Gasteiger partial charge in [0.05, 0.1) is 22.4 Å². The van der Waals surface area contributed by atoms with Gasteiger partial charge in [-0.2, -0.15) is 17.9 Å². The second-order valence-corrected chi connectivity index (χ2v) is 7.19. The summed E-state index contributed by atoms with van der Waals surface area (Å²) in [6, 6.07) is 27.0. The maximum Gasteiger partial charge on any atom is 0.167 e. The highest BCUT2D eigenvalue weighted by Gasteiger charge is 2.22. The standard InChI is InChI=1S/C24H20N4OS/c1-2-28-23(20-10-6-7-11-21(20)29-19-8-4-3-5-9-19)26-27-24(28)22(30)18-14-12-17(16-25)13-15-18/h3-15,22,30H,2H2,1H3. The van der Waals surface area contributed by atoms with E-state index in [4.69, 9.17) is 22.6 Å². The number of hydrogen-bond acceptors (Lipinski definition) is 5. The highest BCUT2D eigenvalue weighted by Crippen LogP contribution is 2.35. The van der Waals surface area contributed by atoms with Gasteiger partial charge in [-0.1, -0.05) is 42.5 Å². The van der Waals surface area contributed by atoms with Gasteiger partial charge in [-0.25, -0.2) is 0 Å². The van der Waals surface area contributed by atoms with E-state index >= 15 is 0 Å². The van der Waals surface area contributed by atoms with Gasteiger partial charge in [0.15, 0.2) is 11.6 Å². The molecule has 0 fully saturated rings. The first-order valence-corrected chi connectivity index (χ1v) is 10.2. The summed E-state index contributed by atoms with van der Waals surface area (Å²) >= 11 is 4.79. The Morgan fingerprint density at radius 3 is 2.37 bits per heavy atom. The van der Waals surface area contributed by atoms with Crippen LogP contribution < -0.4 is 4.74 Å². The van der Waals surface area contributed by atoms with Crippen LogP contribution in [0.2, 0.25) is 0 Å². The number of nitrogens with zero attached hydrogens (tertiary/aromatic N) is 4. The third kappa shape index (κ3) is 3.93. The van der Waals surface area contributed by atoms with Crippen LogP contribution in [-0.4, -0.2) is 14.8 Å². The molecule has 0 aliphatic carbocycles. The lowest BCUT2D eigenvalue weighted by molar-refractivity contribution is 0.483. The minimum absolute atomic E-state index is 0.263. The first kappa shape index (κ1) is 19.7. The Kier molecular flexibility index (Phi) is 5.82. The van der Waals surface area contributed by atoms with Crippen LogP contribution in [0, 0.1) is 11.3 Å². The van der Waals surface area contributed by atoms with Crippen LogP contribution >= 0.6 is 12.6 Å². The summed E-state index contributed by atoms with van der Waals surface area (Å²) in [4.78, 5) is 0. The molecule has 0 saturated heterocycles. The van der Waals surface area contributed by atoms with Crippen LogP contribution in [0.15, 0.2) is 78.9 Å². The fraction of sp³-hybridized carbons (Fsp3) is 0.125. The number of para-hydroxylation sites is 2. The van der Waals surface area contributed by atoms with Crippen LogP contribution in [0.4, 0.5) is 0 Å². The molecule has 6 heteroatoms. The average molecular weight is 413 g/mol. The van der Waals surface area contributed by atoms with Crippen molar-refractivity contribution < 1.29 is 4.74 Å². The summed E-state index contributed by atoms with van der Waals surface area (Å²) in [5, 5.41) is 17.7. The van der Waals surface area contributed by atoms with E-state index in [0.29, 0.717) is 17.9 Å². The quantitative estimate of drug-likeness (QED) is 0.416. The van der Waals surface area contributed by atoms with E-state index < -0.39 is 0 Å². The van der Waals surface area contributed by atoms with Crippen molar-refractivity contribution >= 4 is 12.6 Å². The van der Waals surface area contributed by atoms with Crippen LogP contribution in [0.25, 0.3) is 11.4 Å². The van der Waals surface area contributed by atoms with Gasteiger partial charge in [0.2, 0.25) is 0 Å². The SMILES string of the molecule is CCn1c(-c2ccccc2Oc2ccccc2)nnc1C(S)c1ccc(C#N)cc1. The van der Waals surface area contributed by atoms with E-state index in [1.165, 1.54) is 0 Å². The van der Waals surface area contributed by atoms with Crippen LogP contribution in [0.3, 0.4) is 0 Å². The first-order valence-electron chi connectivity index (χ1n) is 9.64. The van der Waals surface area contributed by atoms with Crippen LogP contribution in [0.5, 0.6) is 11.5 Å². The largest absolute Gasteiger partial charge is 0.457 e. The number of hydrogen-bond donors (Lipinski definition) is 1. The molecule has 1 atom stereocenters. The maximum atomic E-state index is 9.02. The van der Waals surface area contributed by atoms with E-state index in [9.17, 15) is 0 Å². The Morgan fingerprint density at radius 2 is 1.67 bits per heavy atom. The Balaban J connectivity index is 1.71. The minimum Gasteiger partial charge on any atom is -0.457 e. The van der Waals surface area contributed by atoms with Crippen molar-refractivity contribution in [1.82, 2.24) is 14.8 Å². The Hall–Kier alpha value is -3.56. The molecular weight excluding hydrogens is 392 g/mol. The molecule has 148 valence electrons. The number of aromatic nitrogens is 3. The fourth-order valence-corrected chi connectivity index (χ4v) is 3.64. The number of ether oxygens (including phenoxy) is 1. The molecule has 5 nitrogen and oxygen atoms in total. The average Bonchev–Trinajstić information content (AvgIpc) is 3.23. The molecule has 0 N–H and O–H groups in total. The molecule has 0 aliphatic heterocycles. The van der Waals surface area contributed by atoms with E-state index in [2.05, 4.69) is 23.2 Å². The summed E-state index contributed by atoms with van der Waals surface area (Å²) in [6.45, 7) is 2.74. The summed E-state index contributed by atoms with van der Waals surface area (Å²) in [7, 11) is 0. The zero-order chi connectivity index (χ0) is 20.9. The van der Waals surface area contributed by atoms with Gasteiger partial charge in [0, 0.05) is 6.54 Å². The zero-order valence-electron chi connectivity index (χ0n) is 16.4. The van der Waals surface area contributed by atoms with E-state index in [1.54, 1.807) is 12.1 Å². The molecule has 1 unspecified atom stereocenters. The fourth-order valence-electron chi connectivity index (χ4n) is 3.27. The van der Waals surface area contributed by atoms with Gasteiger partial charge in [-0.05, 0) is 48.9 Å². The second-order valence-electron chi connectivity index (χ2n) is 6.67. The smallest absolute Gasteiger partial charge is 0.167 e. The van der Waals surface area contributed by atoms with Crippen molar-refractivity contribution in [2.75, 3.05) is 0 Å². The van der Waals surface area contributed by atoms with Gasteiger partial charge in [0.25, 0.3) is 0 Å². The topological polar surface area (TPSA) is 63.7 Å². The van der Waals surface area contributed by atoms with Crippen molar-refractivity contribution in [3.05, 3.63) is 95.8 Å². The van der Waals surface area contributed by atoms with Gasteiger partial charge in [-0.15, -0.1) is 10.2 Å². The maximum absolute atomic E-state index is 9.02. The Morgan fingerprint density at radius 1 is 0.967 bits per heavy atom. The van der Waals surface area contributed by atoms with Gasteiger partial charge in [-0.3, -0.25) is 0 Å². The summed E-state index contributed by atoms with van der Waals surface area (Å²) in [5.41, 5.74) is 2.44. The van der Waals surface area contributed by atoms with Crippen molar-refractivity contribution in [3.8, 4) is 29.0 Å². The summed E-state index contributed by atoms with van der Waals surface area (Å²) < 4.78 is 8.16. The van der Waals surface area contributed by atoms with E-state index in [-0.39, 0.29) is 5.25 Å². The summed E-state index contributed by atoms with van der Waals surface area (Å²) in [5.74, 6) is 2.95. The molecule has 1 aromatic heterocycles. The second kappa shape index (κ2) is 8.85. The van der Waals surface area contributed by atoms with Crippen molar-refractivity contribution in [1.29, 1.82) is 5.26 Å². The van der Waals surface area contributed by atoms with Gasteiger partial charge in [0.1, 0.15) is 11.5 Å². The van der Waals surface area contributed by atoms with Gasteiger partial charge >= 0.3 is 0 Å². The van der Waals surface area contributed by atoms with Crippen LogP contribution in [0.1, 0.15) is 29.1 Å². The molecular formula is C24H20N4OS. The lowest BCUT2D eigenvalue weighted by Crippen LogP contribution is -2.07. The molecule has 1 heterocycles. The molecule has 4 aromatic rings. The number of benzene rings is 3. The third-order valence-electron chi connectivity index (χ3n) is 4.79. The highest BCUT2D eigenvalue weighted by atomic mass is 32.1. The molecule has 0 spiro atoms. The Bertz CT molecular complexity index is 1180. The first-order chi connectivity index (χ1) is 14.7. The van der Waals surface area contributed by atoms with E-state index in [1.807, 2.05) is 71.3 Å². The lowest BCUT2D eigenvalue weighted by atomic mass is 10.1. The molecule has 30 heavy (non-hydrogen) atoms. The number of nitriles is 1. The normalized spacial score (nSPS) is 11.6. The predicted octanol–water partition coefficient (Wildman–Crippen LogP) is 5.65. The summed E-state index contributed by atoms with van der Waals surface area (Å²) in [6.07, 6.45) is 0. The molecule has 0 amide bonds.